The molecule has 3 heterocycles. The number of carbonyl (C=O) groups excluding carboxylic acids is 2. The number of benzene rings is 2. The SMILES string of the molecule is COc1cc(N2C(=O)c3cnc4n[nH]c(-c5ccccc5)c4c3C2=O)cc(OC)c1OC. The van der Waals surface area contributed by atoms with Crippen LogP contribution in [0, 0.1) is 0 Å². The van der Waals surface area contributed by atoms with E-state index in [-0.39, 0.29) is 11.1 Å². The lowest BCUT2D eigenvalue weighted by atomic mass is 10.0. The molecule has 9 nitrogen and oxygen atoms in total. The van der Waals surface area contributed by atoms with Gasteiger partial charge < -0.3 is 14.2 Å². The Hall–Kier alpha value is -4.40. The van der Waals surface area contributed by atoms with Gasteiger partial charge in [-0.05, 0) is 0 Å². The maximum absolute atomic E-state index is 13.6. The highest BCUT2D eigenvalue weighted by molar-refractivity contribution is 6.38. The Balaban J connectivity index is 1.70. The zero-order chi connectivity index (χ0) is 22.4. The van der Waals surface area contributed by atoms with Crippen LogP contribution in [0.15, 0.2) is 48.7 Å². The number of fused-ring (bicyclic) bond motifs is 3. The van der Waals surface area contributed by atoms with Gasteiger partial charge in [-0.3, -0.25) is 14.7 Å². The van der Waals surface area contributed by atoms with E-state index in [1.165, 1.54) is 27.5 Å². The normalized spacial score (nSPS) is 12.9. The van der Waals surface area contributed by atoms with Crippen LogP contribution in [-0.4, -0.2) is 48.3 Å². The molecule has 32 heavy (non-hydrogen) atoms. The highest BCUT2D eigenvalue weighted by Gasteiger charge is 2.40. The van der Waals surface area contributed by atoms with Crippen molar-refractivity contribution in [3.05, 3.63) is 59.8 Å². The van der Waals surface area contributed by atoms with E-state index in [0.717, 1.165) is 10.5 Å². The topological polar surface area (TPSA) is 107 Å². The quantitative estimate of drug-likeness (QED) is 0.483. The van der Waals surface area contributed by atoms with Gasteiger partial charge >= 0.3 is 0 Å². The number of nitrogens with one attached hydrogen (secondary N) is 1. The van der Waals surface area contributed by atoms with Crippen LogP contribution in [0.5, 0.6) is 17.2 Å². The van der Waals surface area contributed by atoms with Gasteiger partial charge in [-0.25, -0.2) is 9.88 Å². The second-order valence-corrected chi connectivity index (χ2v) is 7.04. The summed E-state index contributed by atoms with van der Waals surface area (Å²) in [5.41, 5.74) is 2.56. The second-order valence-electron chi connectivity index (χ2n) is 7.04. The predicted molar refractivity (Wildman–Crippen MR) is 117 cm³/mol. The van der Waals surface area contributed by atoms with Crippen molar-refractivity contribution in [1.29, 1.82) is 0 Å². The molecule has 5 rings (SSSR count). The van der Waals surface area contributed by atoms with E-state index in [9.17, 15) is 9.59 Å². The van der Waals surface area contributed by atoms with Crippen molar-refractivity contribution in [3.63, 3.8) is 0 Å². The number of nitrogens with zero attached hydrogens (tertiary/aromatic N) is 3. The fraction of sp³-hybridized carbons (Fsp3) is 0.130. The first-order chi connectivity index (χ1) is 15.6. The first-order valence-electron chi connectivity index (χ1n) is 9.70. The van der Waals surface area contributed by atoms with Gasteiger partial charge in [0.15, 0.2) is 17.1 Å². The molecule has 9 heteroatoms. The molecule has 4 aromatic rings. The molecule has 2 aromatic carbocycles. The number of hydrogen-bond donors (Lipinski definition) is 1. The Morgan fingerprint density at radius 1 is 0.906 bits per heavy atom. The smallest absolute Gasteiger partial charge is 0.267 e. The molecule has 2 amide bonds. The predicted octanol–water partition coefficient (Wildman–Crippen LogP) is 3.45. The maximum Gasteiger partial charge on any atom is 0.267 e. The molecule has 1 aliphatic rings. The van der Waals surface area contributed by atoms with E-state index in [2.05, 4.69) is 15.2 Å². The number of aromatic amines is 1. The number of hydrogen-bond acceptors (Lipinski definition) is 7. The molecule has 2 aromatic heterocycles. The van der Waals surface area contributed by atoms with Crippen molar-refractivity contribution >= 4 is 28.5 Å². The van der Waals surface area contributed by atoms with E-state index >= 15 is 0 Å². The van der Waals surface area contributed by atoms with E-state index < -0.39 is 11.8 Å². The van der Waals surface area contributed by atoms with Crippen molar-refractivity contribution in [2.24, 2.45) is 0 Å². The molecule has 0 saturated heterocycles. The molecule has 0 spiro atoms. The lowest BCUT2D eigenvalue weighted by Crippen LogP contribution is -2.29. The van der Waals surface area contributed by atoms with Crippen LogP contribution in [0.3, 0.4) is 0 Å². The standard InChI is InChI=1S/C23H18N4O5/c1-30-15-9-13(10-16(31-2)20(15)32-3)27-22(28)14-11-24-21-18(17(14)23(27)29)19(25-26-21)12-7-5-4-6-8-12/h4-11H,1-3H3,(H,24,25,26). The van der Waals surface area contributed by atoms with Gasteiger partial charge in [-0.2, -0.15) is 5.10 Å². The molecule has 0 radical (unpaired) electrons. The summed E-state index contributed by atoms with van der Waals surface area (Å²) in [6, 6.07) is 12.6. The highest BCUT2D eigenvalue weighted by Crippen LogP contribution is 2.43. The van der Waals surface area contributed by atoms with Crippen LogP contribution in [0.2, 0.25) is 0 Å². The second kappa shape index (κ2) is 7.38. The summed E-state index contributed by atoms with van der Waals surface area (Å²) < 4.78 is 16.1. The number of H-pyrrole nitrogens is 1. The van der Waals surface area contributed by atoms with Gasteiger partial charge in [-0.1, -0.05) is 30.3 Å². The lowest BCUT2D eigenvalue weighted by molar-refractivity contribution is 0.0926. The first-order valence-corrected chi connectivity index (χ1v) is 9.70. The number of carbonyl (C=O) groups is 2. The molecule has 160 valence electrons. The van der Waals surface area contributed by atoms with E-state index in [4.69, 9.17) is 14.2 Å². The van der Waals surface area contributed by atoms with Crippen molar-refractivity contribution < 1.29 is 23.8 Å². The Morgan fingerprint density at radius 3 is 2.22 bits per heavy atom. The van der Waals surface area contributed by atoms with E-state index in [1.807, 2.05) is 30.3 Å². The molecule has 0 unspecified atom stereocenters. The van der Waals surface area contributed by atoms with Gasteiger partial charge in [0.2, 0.25) is 5.75 Å². The molecule has 1 aliphatic heterocycles. The Kier molecular flexibility index (Phi) is 4.51. The van der Waals surface area contributed by atoms with Gasteiger partial charge in [-0.15, -0.1) is 0 Å². The van der Waals surface area contributed by atoms with Gasteiger partial charge in [0, 0.05) is 23.9 Å². The van der Waals surface area contributed by atoms with Crippen LogP contribution in [-0.2, 0) is 0 Å². The monoisotopic (exact) mass is 430 g/mol. The van der Waals surface area contributed by atoms with Crippen LogP contribution < -0.4 is 19.1 Å². The number of anilines is 1. The minimum absolute atomic E-state index is 0.204. The fourth-order valence-corrected chi connectivity index (χ4v) is 3.94. The average molecular weight is 430 g/mol. The van der Waals surface area contributed by atoms with Crippen molar-refractivity contribution in [2.45, 2.75) is 0 Å². The molecule has 1 N–H and O–H groups in total. The van der Waals surface area contributed by atoms with Gasteiger partial charge in [0.25, 0.3) is 11.8 Å². The zero-order valence-electron chi connectivity index (χ0n) is 17.5. The van der Waals surface area contributed by atoms with Crippen LogP contribution >= 0.6 is 0 Å². The third-order valence-corrected chi connectivity index (χ3v) is 5.40. The lowest BCUT2D eigenvalue weighted by Gasteiger charge is -2.18. The number of aromatic nitrogens is 3. The summed E-state index contributed by atoms with van der Waals surface area (Å²) in [6.45, 7) is 0. The molecular weight excluding hydrogens is 412 g/mol. The number of pyridine rings is 1. The summed E-state index contributed by atoms with van der Waals surface area (Å²) in [5.74, 6) is 0.0460. The average Bonchev–Trinajstić information content (AvgIpc) is 3.37. The summed E-state index contributed by atoms with van der Waals surface area (Å²) in [6.07, 6.45) is 1.38. The summed E-state index contributed by atoms with van der Waals surface area (Å²) in [4.78, 5) is 32.3. The van der Waals surface area contributed by atoms with Crippen LogP contribution in [0.4, 0.5) is 5.69 Å². The Morgan fingerprint density at radius 2 is 1.59 bits per heavy atom. The third-order valence-electron chi connectivity index (χ3n) is 5.40. The maximum atomic E-state index is 13.6. The number of methoxy groups -OCH3 is 3. The molecule has 0 atom stereocenters. The van der Waals surface area contributed by atoms with Crippen molar-refractivity contribution in [1.82, 2.24) is 15.2 Å². The Bertz CT molecular complexity index is 1360. The van der Waals surface area contributed by atoms with Crippen molar-refractivity contribution in [3.8, 4) is 28.5 Å². The van der Waals surface area contributed by atoms with Crippen LogP contribution in [0.1, 0.15) is 20.7 Å². The number of rotatable bonds is 5. The largest absolute Gasteiger partial charge is 0.493 e. The zero-order valence-corrected chi connectivity index (χ0v) is 17.5. The van der Waals surface area contributed by atoms with Crippen LogP contribution in [0.25, 0.3) is 22.3 Å². The van der Waals surface area contributed by atoms with E-state index in [0.29, 0.717) is 39.7 Å². The highest BCUT2D eigenvalue weighted by atomic mass is 16.5. The molecule has 0 bridgehead atoms. The Labute approximate surface area is 182 Å². The summed E-state index contributed by atoms with van der Waals surface area (Å²) >= 11 is 0. The molecule has 0 aliphatic carbocycles. The molecular formula is C23H18N4O5. The third kappa shape index (κ3) is 2.71. The van der Waals surface area contributed by atoms with Gasteiger partial charge in [0.1, 0.15) is 0 Å². The number of ether oxygens (including phenoxy) is 3. The number of amides is 2. The minimum atomic E-state index is -0.492. The first kappa shape index (κ1) is 19.6. The number of imide groups is 1. The molecule has 0 fully saturated rings. The summed E-state index contributed by atoms with van der Waals surface area (Å²) in [5, 5.41) is 7.68. The van der Waals surface area contributed by atoms with Crippen molar-refractivity contribution in [2.75, 3.05) is 26.2 Å². The van der Waals surface area contributed by atoms with E-state index in [1.54, 1.807) is 12.1 Å². The fourth-order valence-electron chi connectivity index (χ4n) is 3.94. The van der Waals surface area contributed by atoms with Gasteiger partial charge in [0.05, 0.1) is 49.2 Å². The summed E-state index contributed by atoms with van der Waals surface area (Å²) in [7, 11) is 4.41. The molecule has 0 saturated carbocycles. The minimum Gasteiger partial charge on any atom is -0.493 e.